The van der Waals surface area contributed by atoms with Crippen LogP contribution in [0.1, 0.15) is 122 Å². The van der Waals surface area contributed by atoms with Crippen LogP contribution in [0.5, 0.6) is 0 Å². The molecular weight excluding hydrogens is 388 g/mol. The molecule has 0 spiro atoms. The van der Waals surface area contributed by atoms with E-state index in [0.717, 1.165) is 12.6 Å². The quantitative estimate of drug-likeness (QED) is 0.143. The summed E-state index contributed by atoms with van der Waals surface area (Å²) in [6.45, 7) is 4.67. The second-order valence-corrected chi connectivity index (χ2v) is 9.93. The SMILES string of the molecule is CCCCCCCCCCCCCCCCCC([C+]1N=CC=N1)C(C)Cc1ccccc1. The average Bonchev–Trinajstić information content (AvgIpc) is 3.34. The third-order valence-electron chi connectivity index (χ3n) is 7.02. The predicted molar refractivity (Wildman–Crippen MR) is 143 cm³/mol. The fraction of sp³-hybridized carbons (Fsp3) is 0.700. The molecule has 2 heteroatoms. The average molecular weight is 438 g/mol. The van der Waals surface area contributed by atoms with Crippen LogP contribution in [0.2, 0.25) is 0 Å². The summed E-state index contributed by atoms with van der Waals surface area (Å²) in [5.41, 5.74) is 1.42. The van der Waals surface area contributed by atoms with Crippen molar-refractivity contribution >= 4 is 12.4 Å². The predicted octanol–water partition coefficient (Wildman–Crippen LogP) is 9.39. The van der Waals surface area contributed by atoms with Crippen molar-refractivity contribution in [2.24, 2.45) is 21.8 Å². The van der Waals surface area contributed by atoms with Crippen LogP contribution < -0.4 is 0 Å². The van der Waals surface area contributed by atoms with Crippen LogP contribution in [-0.4, -0.2) is 12.4 Å². The van der Waals surface area contributed by atoms with Gasteiger partial charge in [0, 0.05) is 0 Å². The second-order valence-electron chi connectivity index (χ2n) is 9.93. The highest BCUT2D eigenvalue weighted by molar-refractivity contribution is 6.18. The first-order valence-electron chi connectivity index (χ1n) is 13.8. The molecule has 0 aromatic heterocycles. The fourth-order valence-corrected chi connectivity index (χ4v) is 4.98. The van der Waals surface area contributed by atoms with Crippen molar-refractivity contribution in [3.05, 3.63) is 42.1 Å². The number of rotatable bonds is 20. The minimum atomic E-state index is 0.479. The van der Waals surface area contributed by atoms with Crippen LogP contribution in [-0.2, 0) is 6.42 Å². The molecule has 1 heterocycles. The molecule has 2 rings (SSSR count). The number of aliphatic imine (C=N–C) groups is 2. The van der Waals surface area contributed by atoms with E-state index < -0.39 is 0 Å². The molecule has 1 aliphatic heterocycles. The first-order chi connectivity index (χ1) is 15.8. The first kappa shape index (κ1) is 26.7. The van der Waals surface area contributed by atoms with E-state index in [4.69, 9.17) is 0 Å². The summed E-state index contributed by atoms with van der Waals surface area (Å²) in [5, 5.41) is 0. The van der Waals surface area contributed by atoms with Crippen molar-refractivity contribution in [2.45, 2.75) is 123 Å². The van der Waals surface area contributed by atoms with Crippen molar-refractivity contribution in [1.29, 1.82) is 0 Å². The largest absolute Gasteiger partial charge is 0.244 e. The van der Waals surface area contributed by atoms with Gasteiger partial charge < -0.3 is 0 Å². The Morgan fingerprint density at radius 1 is 0.656 bits per heavy atom. The molecule has 1 aliphatic rings. The molecule has 2 nitrogen and oxygen atoms in total. The van der Waals surface area contributed by atoms with E-state index in [0.29, 0.717) is 11.8 Å². The van der Waals surface area contributed by atoms with Crippen LogP contribution in [0.3, 0.4) is 0 Å². The highest BCUT2D eigenvalue weighted by atomic mass is 15.0. The molecule has 2 unspecified atom stereocenters. The van der Waals surface area contributed by atoms with E-state index in [2.05, 4.69) is 54.2 Å². The number of hydrogen-bond acceptors (Lipinski definition) is 2. The van der Waals surface area contributed by atoms with Gasteiger partial charge in [-0.05, 0) is 24.3 Å². The van der Waals surface area contributed by atoms with E-state index >= 15 is 0 Å². The van der Waals surface area contributed by atoms with Gasteiger partial charge in [0.15, 0.2) is 12.4 Å². The van der Waals surface area contributed by atoms with Crippen molar-refractivity contribution in [3.8, 4) is 0 Å². The third kappa shape index (κ3) is 11.9. The topological polar surface area (TPSA) is 24.7 Å². The van der Waals surface area contributed by atoms with Gasteiger partial charge in [0.1, 0.15) is 0 Å². The molecule has 0 saturated carbocycles. The number of benzene rings is 1. The Labute approximate surface area is 199 Å². The fourth-order valence-electron chi connectivity index (χ4n) is 4.98. The Morgan fingerprint density at radius 2 is 1.12 bits per heavy atom. The van der Waals surface area contributed by atoms with Gasteiger partial charge in [0.2, 0.25) is 6.17 Å². The van der Waals surface area contributed by atoms with E-state index in [9.17, 15) is 0 Å². The molecule has 0 N–H and O–H groups in total. The number of unbranched alkanes of at least 4 members (excludes halogenated alkanes) is 14. The summed E-state index contributed by atoms with van der Waals surface area (Å²) in [6, 6.07) is 10.9. The minimum Gasteiger partial charge on any atom is -0.0965 e. The van der Waals surface area contributed by atoms with Gasteiger partial charge >= 0.3 is 0 Å². The Kier molecular flexibility index (Phi) is 14.9. The van der Waals surface area contributed by atoms with Crippen molar-refractivity contribution in [3.63, 3.8) is 0 Å². The molecule has 32 heavy (non-hydrogen) atoms. The summed E-state index contributed by atoms with van der Waals surface area (Å²) in [7, 11) is 0. The van der Waals surface area contributed by atoms with Crippen molar-refractivity contribution in [2.75, 3.05) is 0 Å². The summed E-state index contributed by atoms with van der Waals surface area (Å²) < 4.78 is 0. The summed E-state index contributed by atoms with van der Waals surface area (Å²) in [5.74, 6) is 1.05. The lowest BCUT2D eigenvalue weighted by atomic mass is 9.82. The third-order valence-corrected chi connectivity index (χ3v) is 7.02. The number of hydrogen-bond donors (Lipinski definition) is 0. The standard InChI is InChI=1S/C30H49N2/c1-3-4-5-6-7-8-9-10-11-12-13-14-15-16-20-23-29(30-31-24-25-32-30)27(2)26-28-21-18-17-19-22-28/h17-19,21-22,24-25,27,29H,3-16,20,23,26H2,1-2H3/q+1. The summed E-state index contributed by atoms with van der Waals surface area (Å²) in [6.07, 6.45) is 28.4. The van der Waals surface area contributed by atoms with Crippen LogP contribution >= 0.6 is 0 Å². The Hall–Kier alpha value is -1.57. The second kappa shape index (κ2) is 17.9. The monoisotopic (exact) mass is 437 g/mol. The van der Waals surface area contributed by atoms with Crippen LogP contribution in [0, 0.1) is 18.0 Å². The van der Waals surface area contributed by atoms with Gasteiger partial charge in [-0.2, -0.15) is 0 Å². The van der Waals surface area contributed by atoms with Crippen LogP contribution in [0.15, 0.2) is 40.3 Å². The van der Waals surface area contributed by atoms with Gasteiger partial charge in [-0.15, -0.1) is 0 Å². The van der Waals surface area contributed by atoms with Crippen LogP contribution in [0.25, 0.3) is 0 Å². The lowest BCUT2D eigenvalue weighted by Gasteiger charge is -2.22. The van der Waals surface area contributed by atoms with Gasteiger partial charge in [0.05, 0.1) is 5.92 Å². The van der Waals surface area contributed by atoms with E-state index in [-0.39, 0.29) is 0 Å². The maximum Gasteiger partial charge on any atom is 0.244 e. The molecule has 0 fully saturated rings. The highest BCUT2D eigenvalue weighted by Crippen LogP contribution is 2.33. The molecule has 1 aromatic rings. The lowest BCUT2D eigenvalue weighted by Crippen LogP contribution is -2.19. The zero-order chi connectivity index (χ0) is 22.7. The Bertz CT molecular complexity index is 595. The van der Waals surface area contributed by atoms with Gasteiger partial charge in [-0.25, -0.2) is 0 Å². The normalized spacial score (nSPS) is 14.9. The molecule has 0 amide bonds. The molecule has 0 aliphatic carbocycles. The molecular formula is C30H49N2+. The molecule has 178 valence electrons. The molecule has 0 bridgehead atoms. The highest BCUT2D eigenvalue weighted by Gasteiger charge is 2.33. The Balaban J connectivity index is 1.49. The van der Waals surface area contributed by atoms with Gasteiger partial charge in [0.25, 0.3) is 0 Å². The maximum atomic E-state index is 4.56. The Morgan fingerprint density at radius 3 is 1.62 bits per heavy atom. The zero-order valence-corrected chi connectivity index (χ0v) is 21.1. The van der Waals surface area contributed by atoms with Gasteiger partial charge in [-0.1, -0.05) is 150 Å². The summed E-state index contributed by atoms with van der Waals surface area (Å²) >= 11 is 0. The van der Waals surface area contributed by atoms with E-state index in [1.165, 1.54) is 108 Å². The lowest BCUT2D eigenvalue weighted by molar-refractivity contribution is 0.330. The molecule has 2 atom stereocenters. The van der Waals surface area contributed by atoms with E-state index in [1.54, 1.807) is 0 Å². The summed E-state index contributed by atoms with van der Waals surface area (Å²) in [4.78, 5) is 9.11. The van der Waals surface area contributed by atoms with Crippen LogP contribution in [0.4, 0.5) is 0 Å². The van der Waals surface area contributed by atoms with E-state index in [1.807, 2.05) is 12.4 Å². The number of nitrogens with zero attached hydrogens (tertiary/aromatic N) is 2. The van der Waals surface area contributed by atoms with Crippen molar-refractivity contribution in [1.82, 2.24) is 0 Å². The first-order valence-corrected chi connectivity index (χ1v) is 13.8. The van der Waals surface area contributed by atoms with Gasteiger partial charge in [-0.3, -0.25) is 0 Å². The van der Waals surface area contributed by atoms with Crippen molar-refractivity contribution < 1.29 is 0 Å². The minimum absolute atomic E-state index is 0.479. The zero-order valence-electron chi connectivity index (χ0n) is 21.1. The maximum absolute atomic E-state index is 4.56. The molecule has 1 aromatic carbocycles. The molecule has 0 radical (unpaired) electrons. The smallest absolute Gasteiger partial charge is 0.0965 e. The molecule has 0 saturated heterocycles.